The molecule has 172 valence electrons. The van der Waals surface area contributed by atoms with Crippen molar-refractivity contribution in [3.8, 4) is 11.8 Å². The van der Waals surface area contributed by atoms with E-state index in [1.54, 1.807) is 6.92 Å². The number of ether oxygens (including phenoxy) is 1. The summed E-state index contributed by atoms with van der Waals surface area (Å²) in [4.78, 5) is 24.1. The van der Waals surface area contributed by atoms with Crippen LogP contribution in [0.2, 0.25) is 0 Å². The molecule has 0 bridgehead atoms. The van der Waals surface area contributed by atoms with E-state index < -0.39 is 0 Å². The molecule has 2 aromatic heterocycles. The Labute approximate surface area is 190 Å². The summed E-state index contributed by atoms with van der Waals surface area (Å²) in [7, 11) is 0. The molecule has 3 atom stereocenters. The summed E-state index contributed by atoms with van der Waals surface area (Å²) in [6.07, 6.45) is 4.44. The maximum Gasteiger partial charge on any atom is 0.410 e. The predicted octanol–water partition coefficient (Wildman–Crippen LogP) is 3.33. The number of pyridine rings is 1. The Morgan fingerprint density at radius 1 is 1.41 bits per heavy atom. The number of hydrogen-bond acceptors (Lipinski definition) is 6. The van der Waals surface area contributed by atoms with Crippen LogP contribution in [-0.2, 0) is 4.74 Å². The fourth-order valence-corrected chi connectivity index (χ4v) is 4.90. The molecular weight excluding hydrogens is 404 g/mol. The van der Waals surface area contributed by atoms with E-state index in [0.29, 0.717) is 18.5 Å². The largest absolute Gasteiger partial charge is 0.436 e. The number of anilines is 1. The molecule has 4 heterocycles. The first kappa shape index (κ1) is 22.4. The number of likely N-dealkylation sites (tertiary alicyclic amines) is 1. The Kier molecular flexibility index (Phi) is 6.85. The lowest BCUT2D eigenvalue weighted by molar-refractivity contribution is 0.0630. The van der Waals surface area contributed by atoms with Crippen molar-refractivity contribution in [1.29, 1.82) is 0 Å². The Morgan fingerprint density at radius 2 is 2.25 bits per heavy atom. The van der Waals surface area contributed by atoms with Gasteiger partial charge in [-0.1, -0.05) is 5.92 Å². The van der Waals surface area contributed by atoms with Crippen molar-refractivity contribution in [2.24, 2.45) is 5.92 Å². The van der Waals surface area contributed by atoms with Crippen LogP contribution in [0, 0.1) is 24.7 Å². The Morgan fingerprint density at radius 3 is 2.97 bits per heavy atom. The number of rotatable bonds is 5. The second-order valence-electron chi connectivity index (χ2n) is 9.09. The highest BCUT2D eigenvalue weighted by molar-refractivity contribution is 5.86. The smallest absolute Gasteiger partial charge is 0.410 e. The third kappa shape index (κ3) is 4.68. The number of amides is 1. The average molecular weight is 439 g/mol. The van der Waals surface area contributed by atoms with Crippen LogP contribution in [0.1, 0.15) is 51.8 Å². The lowest BCUT2D eigenvalue weighted by Gasteiger charge is -2.42. The van der Waals surface area contributed by atoms with E-state index in [9.17, 15) is 4.79 Å². The summed E-state index contributed by atoms with van der Waals surface area (Å²) in [5.41, 5.74) is 3.81. The quantitative estimate of drug-likeness (QED) is 0.697. The van der Waals surface area contributed by atoms with Crippen LogP contribution in [0.4, 0.5) is 10.5 Å². The molecule has 2 aromatic rings. The Bertz CT molecular complexity index is 1010. The maximum atomic E-state index is 12.8. The molecule has 2 aliphatic heterocycles. The highest BCUT2D eigenvalue weighted by Crippen LogP contribution is 2.31. The number of carbonyl (C=O) groups is 1. The molecule has 1 amide bonds. The first-order valence-electron chi connectivity index (χ1n) is 11.6. The number of nitrogens with zero attached hydrogens (tertiary/aromatic N) is 4. The van der Waals surface area contributed by atoms with Crippen molar-refractivity contribution in [3.05, 3.63) is 18.1 Å². The van der Waals surface area contributed by atoms with Gasteiger partial charge in [0.1, 0.15) is 5.52 Å². The molecule has 0 aromatic carbocycles. The summed E-state index contributed by atoms with van der Waals surface area (Å²) in [5, 5.41) is 7.19. The molecule has 0 aliphatic carbocycles. The van der Waals surface area contributed by atoms with E-state index in [1.807, 2.05) is 18.2 Å². The number of carbonyl (C=O) groups excluding carboxylic acids is 1. The second-order valence-corrected chi connectivity index (χ2v) is 9.09. The normalized spacial score (nSPS) is 23.3. The first-order chi connectivity index (χ1) is 15.5. The number of fused-ring (bicyclic) bond motifs is 1. The minimum absolute atomic E-state index is 0.144. The molecule has 0 spiro atoms. The van der Waals surface area contributed by atoms with Crippen molar-refractivity contribution in [2.75, 3.05) is 31.6 Å². The SMILES string of the molecule is CC#CCOC(=O)N1CCC(Nc2cc(C)nc3c2ncn3C(C)C)CC1C1CCNC1. The molecule has 32 heavy (non-hydrogen) atoms. The predicted molar refractivity (Wildman–Crippen MR) is 126 cm³/mol. The molecule has 8 nitrogen and oxygen atoms in total. The molecule has 2 fully saturated rings. The molecular formula is C24H34N6O2. The van der Waals surface area contributed by atoms with E-state index in [2.05, 4.69) is 51.9 Å². The molecule has 2 aliphatic rings. The number of piperidine rings is 1. The van der Waals surface area contributed by atoms with Crippen LogP contribution in [0.15, 0.2) is 12.4 Å². The van der Waals surface area contributed by atoms with Gasteiger partial charge in [-0.3, -0.25) is 0 Å². The topological polar surface area (TPSA) is 84.3 Å². The molecule has 2 saturated heterocycles. The van der Waals surface area contributed by atoms with Crippen LogP contribution in [0.3, 0.4) is 0 Å². The molecule has 0 radical (unpaired) electrons. The fraction of sp³-hybridized carbons (Fsp3) is 0.625. The zero-order valence-corrected chi connectivity index (χ0v) is 19.5. The summed E-state index contributed by atoms with van der Waals surface area (Å²) in [6.45, 7) is 10.8. The van der Waals surface area contributed by atoms with E-state index >= 15 is 0 Å². The monoisotopic (exact) mass is 438 g/mol. The van der Waals surface area contributed by atoms with Crippen molar-refractivity contribution in [3.63, 3.8) is 0 Å². The van der Waals surface area contributed by atoms with E-state index in [-0.39, 0.29) is 24.8 Å². The highest BCUT2D eigenvalue weighted by atomic mass is 16.6. The Hall–Kier alpha value is -2.79. The van der Waals surface area contributed by atoms with Gasteiger partial charge in [0, 0.05) is 30.4 Å². The number of aryl methyl sites for hydroxylation is 1. The molecule has 8 heteroatoms. The van der Waals surface area contributed by atoms with E-state index in [0.717, 1.165) is 54.9 Å². The number of nitrogens with one attached hydrogen (secondary N) is 2. The summed E-state index contributed by atoms with van der Waals surface area (Å²) >= 11 is 0. The van der Waals surface area contributed by atoms with E-state index in [1.165, 1.54) is 0 Å². The van der Waals surface area contributed by atoms with Crippen LogP contribution in [0.25, 0.3) is 11.2 Å². The number of aromatic nitrogens is 3. The minimum atomic E-state index is -0.249. The average Bonchev–Trinajstić information content (AvgIpc) is 3.44. The van der Waals surface area contributed by atoms with Gasteiger partial charge in [-0.15, -0.1) is 5.92 Å². The summed E-state index contributed by atoms with van der Waals surface area (Å²) < 4.78 is 7.52. The molecule has 4 rings (SSSR count). The van der Waals surface area contributed by atoms with Gasteiger partial charge in [-0.05, 0) is 72.0 Å². The third-order valence-electron chi connectivity index (χ3n) is 6.54. The van der Waals surface area contributed by atoms with Crippen LogP contribution in [-0.4, -0.2) is 63.9 Å². The van der Waals surface area contributed by atoms with Crippen molar-refractivity contribution in [2.45, 2.75) is 65.1 Å². The minimum Gasteiger partial charge on any atom is -0.436 e. The summed E-state index contributed by atoms with van der Waals surface area (Å²) in [5.74, 6) is 6.03. The van der Waals surface area contributed by atoms with Gasteiger partial charge in [-0.25, -0.2) is 14.8 Å². The fourth-order valence-electron chi connectivity index (χ4n) is 4.90. The van der Waals surface area contributed by atoms with Gasteiger partial charge in [-0.2, -0.15) is 0 Å². The Balaban J connectivity index is 1.53. The van der Waals surface area contributed by atoms with Gasteiger partial charge < -0.3 is 24.8 Å². The molecule has 2 N–H and O–H groups in total. The van der Waals surface area contributed by atoms with Gasteiger partial charge >= 0.3 is 6.09 Å². The maximum absolute atomic E-state index is 12.8. The first-order valence-corrected chi connectivity index (χ1v) is 11.6. The van der Waals surface area contributed by atoms with Gasteiger partial charge in [0.25, 0.3) is 0 Å². The second kappa shape index (κ2) is 9.78. The highest BCUT2D eigenvalue weighted by Gasteiger charge is 2.38. The standard InChI is InChI=1S/C24H34N6O2/c1-5-6-11-32-24(31)29-10-8-19(13-21(29)18-7-9-25-14-18)28-20-12-17(4)27-23-22(20)26-15-30(23)16(2)3/h12,15-16,18-19,21,25H,7-11,13-14H2,1-4H3,(H,27,28). The number of imidazole rings is 1. The van der Waals surface area contributed by atoms with E-state index in [4.69, 9.17) is 9.72 Å². The van der Waals surface area contributed by atoms with Crippen LogP contribution >= 0.6 is 0 Å². The lowest BCUT2D eigenvalue weighted by Crippen LogP contribution is -2.53. The zero-order valence-electron chi connectivity index (χ0n) is 19.5. The third-order valence-corrected chi connectivity index (χ3v) is 6.54. The van der Waals surface area contributed by atoms with Crippen LogP contribution < -0.4 is 10.6 Å². The number of hydrogen-bond donors (Lipinski definition) is 2. The lowest BCUT2D eigenvalue weighted by atomic mass is 9.87. The van der Waals surface area contributed by atoms with Crippen LogP contribution in [0.5, 0.6) is 0 Å². The zero-order chi connectivity index (χ0) is 22.7. The summed E-state index contributed by atoms with van der Waals surface area (Å²) in [6, 6.07) is 2.78. The molecule has 0 saturated carbocycles. The van der Waals surface area contributed by atoms with Gasteiger partial charge in [0.05, 0.1) is 12.0 Å². The van der Waals surface area contributed by atoms with Crippen molar-refractivity contribution >= 4 is 22.9 Å². The molecule has 3 unspecified atom stereocenters. The van der Waals surface area contributed by atoms with Crippen molar-refractivity contribution in [1.82, 2.24) is 24.8 Å². The van der Waals surface area contributed by atoms with Gasteiger partial charge in [0.15, 0.2) is 12.3 Å². The van der Waals surface area contributed by atoms with Gasteiger partial charge in [0.2, 0.25) is 0 Å². The van der Waals surface area contributed by atoms with Crippen molar-refractivity contribution < 1.29 is 9.53 Å².